The second-order valence-electron chi connectivity index (χ2n) is 3.21. The Morgan fingerprint density at radius 2 is 2.20 bits per heavy atom. The van der Waals surface area contributed by atoms with Crippen molar-refractivity contribution < 1.29 is 19.2 Å². The van der Waals surface area contributed by atoms with Crippen molar-refractivity contribution in [2.75, 3.05) is 0 Å². The molecule has 0 spiro atoms. The zero-order valence-electron chi connectivity index (χ0n) is 8.64. The van der Waals surface area contributed by atoms with Crippen molar-refractivity contribution in [1.29, 1.82) is 0 Å². The molecule has 0 saturated heterocycles. The Kier molecular flexibility index (Phi) is 4.18. The van der Waals surface area contributed by atoms with Crippen LogP contribution in [0.4, 0.5) is 0 Å². The fourth-order valence-electron chi connectivity index (χ4n) is 1.11. The summed E-state index contributed by atoms with van der Waals surface area (Å²) in [6.45, 7) is 3.75. The Morgan fingerprint density at radius 3 is 2.73 bits per heavy atom. The van der Waals surface area contributed by atoms with Gasteiger partial charge in [0.05, 0.1) is 11.7 Å². The molecule has 4 nitrogen and oxygen atoms in total. The highest BCUT2D eigenvalue weighted by Gasteiger charge is 2.06. The fraction of sp³-hybridized carbons (Fsp3) is 0.300. The Morgan fingerprint density at radius 1 is 1.47 bits per heavy atom. The van der Waals surface area contributed by atoms with Crippen molar-refractivity contribution in [3.05, 3.63) is 23.8 Å². The predicted octanol–water partition coefficient (Wildman–Crippen LogP) is 1.19. The van der Waals surface area contributed by atoms with Gasteiger partial charge in [0, 0.05) is 0 Å². The van der Waals surface area contributed by atoms with Crippen molar-refractivity contribution in [1.82, 2.24) is 0 Å². The largest absolute Gasteiger partial charge is 0.569 e. The molecule has 1 rings (SSSR count). The van der Waals surface area contributed by atoms with Crippen LogP contribution in [0.5, 0.6) is 11.5 Å². The Balaban J connectivity index is 2.93. The average Bonchev–Trinajstić information content (AvgIpc) is 2.20. The third-order valence-electron chi connectivity index (χ3n) is 1.66. The molecule has 1 aromatic carbocycles. The number of hydrogen-bond donors (Lipinski definition) is 1. The third-order valence-corrected chi connectivity index (χ3v) is 1.66. The minimum Gasteiger partial charge on any atom is -0.537 e. The first-order valence-corrected chi connectivity index (χ1v) is 4.55. The Hall–Kier alpha value is -1.49. The lowest BCUT2D eigenvalue weighted by molar-refractivity contribution is 0.111. The summed E-state index contributed by atoms with van der Waals surface area (Å²) in [6, 6.07) is 4.73. The third kappa shape index (κ3) is 3.29. The summed E-state index contributed by atoms with van der Waals surface area (Å²) in [5, 5.41) is 8.43. The standard InChI is InChI=1S/C10H12BO4/c1-7(2)14-10-4-3-9(15-11-13)5-8(10)6-12/h3-7,13H,1-2H3. The maximum atomic E-state index is 10.8. The lowest BCUT2D eigenvalue weighted by Gasteiger charge is -2.12. The maximum Gasteiger partial charge on any atom is 0.569 e. The Labute approximate surface area is 89.1 Å². The summed E-state index contributed by atoms with van der Waals surface area (Å²) >= 11 is 0. The highest BCUT2D eigenvalue weighted by molar-refractivity contribution is 6.17. The minimum atomic E-state index is -0.000118. The molecule has 0 aliphatic carbocycles. The monoisotopic (exact) mass is 207 g/mol. The first-order valence-electron chi connectivity index (χ1n) is 4.55. The molecule has 0 amide bonds. The molecule has 0 aliphatic rings. The number of hydrogen-bond acceptors (Lipinski definition) is 4. The quantitative estimate of drug-likeness (QED) is 0.581. The van der Waals surface area contributed by atoms with E-state index in [-0.39, 0.29) is 6.10 Å². The van der Waals surface area contributed by atoms with Crippen LogP contribution >= 0.6 is 0 Å². The summed E-state index contributed by atoms with van der Waals surface area (Å²) in [6.07, 6.45) is 0.682. The molecule has 0 aliphatic heterocycles. The van der Waals surface area contributed by atoms with E-state index in [1.807, 2.05) is 13.8 Å². The molecule has 5 heteroatoms. The van der Waals surface area contributed by atoms with Gasteiger partial charge >= 0.3 is 7.69 Å². The van der Waals surface area contributed by atoms with Gasteiger partial charge in [0.2, 0.25) is 0 Å². The topological polar surface area (TPSA) is 55.8 Å². The molecule has 1 aromatic rings. The zero-order chi connectivity index (χ0) is 11.3. The second-order valence-corrected chi connectivity index (χ2v) is 3.21. The zero-order valence-corrected chi connectivity index (χ0v) is 8.64. The molecular weight excluding hydrogens is 195 g/mol. The van der Waals surface area contributed by atoms with E-state index in [0.29, 0.717) is 31.0 Å². The van der Waals surface area contributed by atoms with E-state index in [1.54, 1.807) is 12.1 Å². The van der Waals surface area contributed by atoms with Gasteiger partial charge in [0.25, 0.3) is 0 Å². The number of rotatable bonds is 5. The number of benzene rings is 1. The van der Waals surface area contributed by atoms with Crippen LogP contribution < -0.4 is 9.39 Å². The lowest BCUT2D eigenvalue weighted by atomic mass is 10.2. The van der Waals surface area contributed by atoms with Gasteiger partial charge in [0.15, 0.2) is 6.29 Å². The molecule has 0 heterocycles. The van der Waals surface area contributed by atoms with Gasteiger partial charge in [-0.3, -0.25) is 4.79 Å². The summed E-state index contributed by atoms with van der Waals surface area (Å²) in [4.78, 5) is 10.8. The van der Waals surface area contributed by atoms with Crippen molar-refractivity contribution in [3.8, 4) is 11.5 Å². The molecule has 0 aromatic heterocycles. The van der Waals surface area contributed by atoms with Crippen LogP contribution in [0.3, 0.4) is 0 Å². The van der Waals surface area contributed by atoms with Gasteiger partial charge in [-0.2, -0.15) is 0 Å². The normalized spacial score (nSPS) is 9.87. The van der Waals surface area contributed by atoms with E-state index >= 15 is 0 Å². The van der Waals surface area contributed by atoms with Crippen molar-refractivity contribution >= 4 is 14.0 Å². The van der Waals surface area contributed by atoms with Crippen LogP contribution in [0.25, 0.3) is 0 Å². The predicted molar refractivity (Wildman–Crippen MR) is 56.2 cm³/mol. The van der Waals surface area contributed by atoms with E-state index in [4.69, 9.17) is 14.4 Å². The summed E-state index contributed by atoms with van der Waals surface area (Å²) in [5.74, 6) is 0.890. The minimum absolute atomic E-state index is 0.000118. The highest BCUT2D eigenvalue weighted by atomic mass is 16.5. The molecule has 0 atom stereocenters. The van der Waals surface area contributed by atoms with Gasteiger partial charge in [-0.1, -0.05) is 0 Å². The SMILES string of the molecule is CC(C)Oc1ccc(O[B]O)cc1C=O. The van der Waals surface area contributed by atoms with Gasteiger partial charge in [-0.25, -0.2) is 0 Å². The number of ether oxygens (including phenoxy) is 1. The van der Waals surface area contributed by atoms with Gasteiger partial charge in [-0.05, 0) is 32.0 Å². The first-order chi connectivity index (χ1) is 7.17. The van der Waals surface area contributed by atoms with Crippen LogP contribution in [-0.2, 0) is 0 Å². The summed E-state index contributed by atoms with van der Waals surface area (Å²) < 4.78 is 10.1. The molecule has 0 bridgehead atoms. The van der Waals surface area contributed by atoms with Gasteiger partial charge < -0.3 is 14.4 Å². The van der Waals surface area contributed by atoms with Crippen molar-refractivity contribution in [3.63, 3.8) is 0 Å². The van der Waals surface area contributed by atoms with Gasteiger partial charge in [-0.15, -0.1) is 0 Å². The maximum absolute atomic E-state index is 10.8. The number of carbonyl (C=O) groups is 1. The highest BCUT2D eigenvalue weighted by Crippen LogP contribution is 2.23. The molecule has 0 fully saturated rings. The van der Waals surface area contributed by atoms with Crippen LogP contribution in [0, 0.1) is 0 Å². The molecule has 1 radical (unpaired) electrons. The first kappa shape index (κ1) is 11.6. The van der Waals surface area contributed by atoms with E-state index in [9.17, 15) is 4.79 Å². The van der Waals surface area contributed by atoms with Crippen molar-refractivity contribution in [2.24, 2.45) is 0 Å². The fourth-order valence-corrected chi connectivity index (χ4v) is 1.11. The van der Waals surface area contributed by atoms with Crippen LogP contribution in [0.2, 0.25) is 0 Å². The Bertz CT molecular complexity index is 338. The smallest absolute Gasteiger partial charge is 0.537 e. The van der Waals surface area contributed by atoms with E-state index < -0.39 is 0 Å². The van der Waals surface area contributed by atoms with E-state index in [2.05, 4.69) is 0 Å². The van der Waals surface area contributed by atoms with Gasteiger partial charge in [0.1, 0.15) is 11.5 Å². The number of aldehydes is 1. The van der Waals surface area contributed by atoms with E-state index in [1.165, 1.54) is 6.07 Å². The molecule has 79 valence electrons. The van der Waals surface area contributed by atoms with Crippen molar-refractivity contribution in [2.45, 2.75) is 20.0 Å². The van der Waals surface area contributed by atoms with Crippen LogP contribution in [0.1, 0.15) is 24.2 Å². The molecular formula is C10H12BO4. The average molecular weight is 207 g/mol. The molecule has 0 saturated carbocycles. The molecule has 1 N–H and O–H groups in total. The van der Waals surface area contributed by atoms with Crippen LogP contribution in [0.15, 0.2) is 18.2 Å². The lowest BCUT2D eigenvalue weighted by Crippen LogP contribution is -2.08. The second kappa shape index (κ2) is 5.41. The van der Waals surface area contributed by atoms with Crippen LogP contribution in [-0.4, -0.2) is 25.1 Å². The number of carbonyl (C=O) groups excluding carboxylic acids is 1. The summed E-state index contributed by atoms with van der Waals surface area (Å²) in [7, 11) is 0.562. The molecule has 15 heavy (non-hydrogen) atoms. The summed E-state index contributed by atoms with van der Waals surface area (Å²) in [5.41, 5.74) is 0.392. The molecule has 0 unspecified atom stereocenters. The van der Waals surface area contributed by atoms with E-state index in [0.717, 1.165) is 0 Å².